The normalized spacial score (nSPS) is 32.9. The van der Waals surface area contributed by atoms with Gasteiger partial charge < -0.3 is 4.74 Å². The van der Waals surface area contributed by atoms with Crippen LogP contribution in [-0.2, 0) is 4.74 Å². The largest absolute Gasteiger partial charge is 0.380 e. The molecule has 0 saturated heterocycles. The summed E-state index contributed by atoms with van der Waals surface area (Å²) >= 11 is 1.33. The van der Waals surface area contributed by atoms with Crippen molar-refractivity contribution in [2.24, 2.45) is 0 Å². The molecule has 0 unspecified atom stereocenters. The van der Waals surface area contributed by atoms with E-state index in [1.165, 1.54) is 11.8 Å². The molecule has 0 aromatic carbocycles. The van der Waals surface area contributed by atoms with E-state index in [0.29, 0.717) is 11.4 Å². The van der Waals surface area contributed by atoms with Crippen molar-refractivity contribution in [2.45, 2.75) is 24.2 Å². The lowest BCUT2D eigenvalue weighted by atomic mass is 9.95. The second kappa shape index (κ2) is 3.09. The van der Waals surface area contributed by atoms with Crippen molar-refractivity contribution in [3.63, 3.8) is 0 Å². The summed E-state index contributed by atoms with van der Waals surface area (Å²) in [5.74, 6) is 0. The third kappa shape index (κ3) is 1.38. The van der Waals surface area contributed by atoms with Gasteiger partial charge in [-0.25, -0.2) is 0 Å². The second-order valence-corrected chi connectivity index (χ2v) is 3.12. The smallest absolute Gasteiger partial charge is 0.133 e. The minimum atomic E-state index is 0.342. The van der Waals surface area contributed by atoms with Crippen LogP contribution in [0.3, 0.4) is 0 Å². The second-order valence-electron chi connectivity index (χ2n) is 2.10. The maximum absolute atomic E-state index is 8.27. The molecule has 1 aliphatic carbocycles. The zero-order valence-electron chi connectivity index (χ0n) is 5.33. The van der Waals surface area contributed by atoms with E-state index in [4.69, 9.17) is 10.00 Å². The number of thioether (sulfide) groups is 1. The maximum atomic E-state index is 8.27. The van der Waals surface area contributed by atoms with Crippen molar-refractivity contribution in [1.29, 1.82) is 5.26 Å². The lowest BCUT2D eigenvalue weighted by Gasteiger charge is -2.32. The molecular weight excluding hydrogens is 134 g/mol. The molecule has 0 radical (unpaired) electrons. The zero-order chi connectivity index (χ0) is 6.69. The van der Waals surface area contributed by atoms with Gasteiger partial charge in [-0.3, -0.25) is 0 Å². The molecule has 0 aliphatic heterocycles. The van der Waals surface area contributed by atoms with Crippen LogP contribution in [0, 0.1) is 10.7 Å². The Hall–Kier alpha value is -0.200. The highest BCUT2D eigenvalue weighted by Gasteiger charge is 2.31. The van der Waals surface area contributed by atoms with Crippen LogP contribution in [0.25, 0.3) is 0 Å². The van der Waals surface area contributed by atoms with Crippen LogP contribution in [0.4, 0.5) is 0 Å². The number of methoxy groups -OCH3 is 1. The van der Waals surface area contributed by atoms with Crippen LogP contribution in [0.15, 0.2) is 0 Å². The molecule has 0 spiro atoms. The van der Waals surface area contributed by atoms with Gasteiger partial charge >= 0.3 is 0 Å². The van der Waals surface area contributed by atoms with Crippen LogP contribution in [0.2, 0.25) is 0 Å². The topological polar surface area (TPSA) is 33.0 Å². The summed E-state index contributed by atoms with van der Waals surface area (Å²) in [5, 5.41) is 10.8. The van der Waals surface area contributed by atoms with Gasteiger partial charge in [-0.2, -0.15) is 5.26 Å². The van der Waals surface area contributed by atoms with Crippen LogP contribution in [0.5, 0.6) is 0 Å². The highest BCUT2D eigenvalue weighted by atomic mass is 32.2. The first kappa shape index (κ1) is 6.91. The molecule has 0 bridgehead atoms. The van der Waals surface area contributed by atoms with Crippen molar-refractivity contribution >= 4 is 11.8 Å². The van der Waals surface area contributed by atoms with Crippen molar-refractivity contribution < 1.29 is 4.74 Å². The van der Waals surface area contributed by atoms with E-state index in [9.17, 15) is 0 Å². The lowest BCUT2D eigenvalue weighted by molar-refractivity contribution is 0.0483. The summed E-state index contributed by atoms with van der Waals surface area (Å²) in [7, 11) is 1.70. The maximum Gasteiger partial charge on any atom is 0.133 e. The van der Waals surface area contributed by atoms with Gasteiger partial charge in [-0.05, 0) is 24.6 Å². The third-order valence-corrected chi connectivity index (χ3v) is 2.60. The molecule has 50 valence electrons. The summed E-state index contributed by atoms with van der Waals surface area (Å²) in [6.07, 6.45) is 2.60. The number of hydrogen-bond donors (Lipinski definition) is 0. The van der Waals surface area contributed by atoms with Gasteiger partial charge in [0.25, 0.3) is 0 Å². The molecule has 0 heterocycles. The number of nitriles is 1. The zero-order valence-corrected chi connectivity index (χ0v) is 6.15. The molecule has 2 atom stereocenters. The molecule has 1 aliphatic rings. The summed E-state index contributed by atoms with van der Waals surface area (Å²) in [5.41, 5.74) is 0. The van der Waals surface area contributed by atoms with Crippen molar-refractivity contribution in [3.8, 4) is 5.40 Å². The fourth-order valence-electron chi connectivity index (χ4n) is 0.911. The van der Waals surface area contributed by atoms with Crippen LogP contribution < -0.4 is 0 Å². The monoisotopic (exact) mass is 143 g/mol. The molecule has 0 aromatic heterocycles. The Labute approximate surface area is 59.2 Å². The molecule has 3 heteroatoms. The number of nitrogens with zero attached hydrogens (tertiary/aromatic N) is 1. The minimum Gasteiger partial charge on any atom is -0.380 e. The molecule has 9 heavy (non-hydrogen) atoms. The Morgan fingerprint density at radius 2 is 2.44 bits per heavy atom. The number of thiocyanates is 1. The highest BCUT2D eigenvalue weighted by Crippen LogP contribution is 2.32. The molecule has 0 aromatic rings. The first-order chi connectivity index (χ1) is 4.38. The summed E-state index contributed by atoms with van der Waals surface area (Å²) in [6.45, 7) is 0. The van der Waals surface area contributed by atoms with Crippen molar-refractivity contribution in [1.82, 2.24) is 0 Å². The fraction of sp³-hybridized carbons (Fsp3) is 0.833. The summed E-state index contributed by atoms with van der Waals surface area (Å²) in [4.78, 5) is 0. The van der Waals surface area contributed by atoms with Crippen molar-refractivity contribution in [2.75, 3.05) is 7.11 Å². The van der Waals surface area contributed by atoms with Crippen LogP contribution >= 0.6 is 11.8 Å². The van der Waals surface area contributed by atoms with E-state index < -0.39 is 0 Å². The molecule has 1 saturated carbocycles. The Morgan fingerprint density at radius 3 is 2.78 bits per heavy atom. The van der Waals surface area contributed by atoms with E-state index >= 15 is 0 Å². The Balaban J connectivity index is 2.21. The van der Waals surface area contributed by atoms with Crippen LogP contribution in [-0.4, -0.2) is 18.5 Å². The van der Waals surface area contributed by atoms with E-state index in [-0.39, 0.29) is 0 Å². The van der Waals surface area contributed by atoms with Gasteiger partial charge in [0.1, 0.15) is 5.40 Å². The lowest BCUT2D eigenvalue weighted by Crippen LogP contribution is -2.35. The van der Waals surface area contributed by atoms with Crippen LogP contribution in [0.1, 0.15) is 12.8 Å². The molecular formula is C6H9NOS. The molecule has 2 nitrogen and oxygen atoms in total. The number of ether oxygens (including phenoxy) is 1. The van der Waals surface area contributed by atoms with E-state index in [2.05, 4.69) is 5.40 Å². The first-order valence-corrected chi connectivity index (χ1v) is 3.84. The summed E-state index contributed by atoms with van der Waals surface area (Å²) in [6, 6.07) is 0. The fourth-order valence-corrected chi connectivity index (χ4v) is 1.70. The van der Waals surface area contributed by atoms with E-state index in [1.54, 1.807) is 7.11 Å². The predicted molar refractivity (Wildman–Crippen MR) is 37.0 cm³/mol. The Kier molecular flexibility index (Phi) is 2.38. The SMILES string of the molecule is CO[C@H]1CC[C@@H]1SC#N. The molecule has 1 rings (SSSR count). The standard InChI is InChI=1S/C6H9NOS/c1-8-5-2-3-6(5)9-4-7/h5-6H,2-3H2,1H3/t5-,6-/m0/s1. The quantitative estimate of drug-likeness (QED) is 0.547. The average Bonchev–Trinajstić information content (AvgIpc) is 1.82. The third-order valence-electron chi connectivity index (χ3n) is 1.66. The minimum absolute atomic E-state index is 0.342. The Morgan fingerprint density at radius 1 is 1.67 bits per heavy atom. The van der Waals surface area contributed by atoms with E-state index in [0.717, 1.165) is 12.8 Å². The Bertz CT molecular complexity index is 130. The van der Waals surface area contributed by atoms with Gasteiger partial charge in [0, 0.05) is 12.4 Å². The van der Waals surface area contributed by atoms with Gasteiger partial charge in [0.2, 0.25) is 0 Å². The average molecular weight is 143 g/mol. The molecule has 0 N–H and O–H groups in total. The van der Waals surface area contributed by atoms with Gasteiger partial charge in [-0.15, -0.1) is 0 Å². The summed E-state index contributed by atoms with van der Waals surface area (Å²) < 4.78 is 5.08. The predicted octanol–water partition coefficient (Wildman–Crippen LogP) is 1.38. The number of hydrogen-bond acceptors (Lipinski definition) is 3. The molecule has 1 fully saturated rings. The highest BCUT2D eigenvalue weighted by molar-refractivity contribution is 8.04. The van der Waals surface area contributed by atoms with Gasteiger partial charge in [-0.1, -0.05) is 0 Å². The first-order valence-electron chi connectivity index (χ1n) is 2.96. The van der Waals surface area contributed by atoms with Gasteiger partial charge in [0.15, 0.2) is 0 Å². The van der Waals surface area contributed by atoms with Gasteiger partial charge in [0.05, 0.1) is 6.10 Å². The van der Waals surface area contributed by atoms with E-state index in [1.807, 2.05) is 0 Å². The number of rotatable bonds is 2. The van der Waals surface area contributed by atoms with Crippen molar-refractivity contribution in [3.05, 3.63) is 0 Å². The molecule has 0 amide bonds.